The Kier molecular flexibility index (Phi) is 2.78. The van der Waals surface area contributed by atoms with Crippen LogP contribution in [-0.4, -0.2) is 17.6 Å². The summed E-state index contributed by atoms with van der Waals surface area (Å²) in [4.78, 5) is 8.29. The highest BCUT2D eigenvalue weighted by molar-refractivity contribution is 7.15. The van der Waals surface area contributed by atoms with Gasteiger partial charge in [-0.1, -0.05) is 18.2 Å². The zero-order valence-electron chi connectivity index (χ0n) is 10.8. The van der Waals surface area contributed by atoms with Crippen molar-refractivity contribution in [2.24, 2.45) is 0 Å². The van der Waals surface area contributed by atoms with Crippen LogP contribution in [-0.2, 0) is 13.0 Å². The number of thiazole rings is 1. The van der Waals surface area contributed by atoms with E-state index in [1.54, 1.807) is 0 Å². The van der Waals surface area contributed by atoms with Crippen LogP contribution in [0.1, 0.15) is 23.3 Å². The third kappa shape index (κ3) is 2.26. The molecule has 0 amide bonds. The molecule has 1 aliphatic carbocycles. The molecule has 1 N–H and O–H groups in total. The van der Waals surface area contributed by atoms with E-state index in [-0.39, 0.29) is 0 Å². The lowest BCUT2D eigenvalue weighted by atomic mass is 10.2. The fraction of sp³-hybridized carbons (Fsp3) is 0.400. The van der Waals surface area contributed by atoms with Gasteiger partial charge in [0.1, 0.15) is 0 Å². The summed E-state index contributed by atoms with van der Waals surface area (Å²) in [7, 11) is 0. The number of rotatable bonds is 4. The van der Waals surface area contributed by atoms with Gasteiger partial charge in [-0.05, 0) is 30.9 Å². The highest BCUT2D eigenvalue weighted by Crippen LogP contribution is 2.36. The normalized spacial score (nSPS) is 17.8. The smallest absolute Gasteiger partial charge is 0.190 e. The van der Waals surface area contributed by atoms with E-state index >= 15 is 0 Å². The summed E-state index contributed by atoms with van der Waals surface area (Å²) in [5.74, 6) is 0. The Morgan fingerprint density at radius 3 is 3.11 bits per heavy atom. The lowest BCUT2D eigenvalue weighted by Gasteiger charge is -2.15. The number of hydrogen-bond donors (Lipinski definition) is 1. The standard InChI is InChI=1S/C15H17N3S/c1-2-4-14-11(3-1)7-8-18(14)15-17-10-13(19-15)9-16-12-5-6-12/h1-4,10,12,16H,5-9H2. The van der Waals surface area contributed by atoms with E-state index in [0.29, 0.717) is 0 Å². The summed E-state index contributed by atoms with van der Waals surface area (Å²) in [6, 6.07) is 9.41. The molecule has 2 aromatic rings. The lowest BCUT2D eigenvalue weighted by molar-refractivity contribution is 0.694. The first-order chi connectivity index (χ1) is 9.40. The molecule has 2 heterocycles. The molecule has 19 heavy (non-hydrogen) atoms. The van der Waals surface area contributed by atoms with Gasteiger partial charge in [0.15, 0.2) is 5.13 Å². The zero-order chi connectivity index (χ0) is 12.7. The van der Waals surface area contributed by atoms with E-state index in [2.05, 4.69) is 39.5 Å². The maximum atomic E-state index is 4.60. The molecule has 0 radical (unpaired) electrons. The number of aromatic nitrogens is 1. The Morgan fingerprint density at radius 1 is 1.32 bits per heavy atom. The number of nitrogens with zero attached hydrogens (tertiary/aromatic N) is 2. The second kappa shape index (κ2) is 4.62. The van der Waals surface area contributed by atoms with Gasteiger partial charge in [0, 0.05) is 35.9 Å². The number of anilines is 2. The Labute approximate surface area is 117 Å². The second-order valence-electron chi connectivity index (χ2n) is 5.29. The SMILES string of the molecule is c1ccc2c(c1)CCN2c1ncc(CNC2CC2)s1. The molecule has 4 heteroatoms. The summed E-state index contributed by atoms with van der Waals surface area (Å²) in [6.45, 7) is 2.03. The fourth-order valence-corrected chi connectivity index (χ4v) is 3.47. The Hall–Kier alpha value is -1.39. The van der Waals surface area contributed by atoms with Gasteiger partial charge in [-0.25, -0.2) is 4.98 Å². The lowest BCUT2D eigenvalue weighted by Crippen LogP contribution is -2.14. The van der Waals surface area contributed by atoms with Gasteiger partial charge in [0.2, 0.25) is 0 Å². The highest BCUT2D eigenvalue weighted by Gasteiger charge is 2.23. The molecule has 0 saturated heterocycles. The van der Waals surface area contributed by atoms with Crippen LogP contribution in [0.4, 0.5) is 10.8 Å². The van der Waals surface area contributed by atoms with Crippen LogP contribution in [0.25, 0.3) is 0 Å². The monoisotopic (exact) mass is 271 g/mol. The van der Waals surface area contributed by atoms with E-state index in [1.807, 2.05) is 17.5 Å². The predicted molar refractivity (Wildman–Crippen MR) is 79.1 cm³/mol. The predicted octanol–water partition coefficient (Wildman–Crippen LogP) is 3.09. The summed E-state index contributed by atoms with van der Waals surface area (Å²) >= 11 is 1.82. The van der Waals surface area contributed by atoms with Gasteiger partial charge in [0.05, 0.1) is 0 Å². The first-order valence-electron chi connectivity index (χ1n) is 6.94. The van der Waals surface area contributed by atoms with Crippen molar-refractivity contribution >= 4 is 22.2 Å². The molecule has 0 bridgehead atoms. The average Bonchev–Trinajstić information content (AvgIpc) is 3.00. The van der Waals surface area contributed by atoms with Crippen LogP contribution in [0.15, 0.2) is 30.5 Å². The minimum atomic E-state index is 0.762. The quantitative estimate of drug-likeness (QED) is 0.926. The maximum Gasteiger partial charge on any atom is 0.190 e. The minimum absolute atomic E-state index is 0.762. The Balaban J connectivity index is 1.53. The van der Waals surface area contributed by atoms with E-state index in [4.69, 9.17) is 0 Å². The summed E-state index contributed by atoms with van der Waals surface area (Å²) in [5.41, 5.74) is 2.77. The van der Waals surface area contributed by atoms with Crippen LogP contribution in [0.3, 0.4) is 0 Å². The van der Waals surface area contributed by atoms with Gasteiger partial charge < -0.3 is 10.2 Å². The number of hydrogen-bond acceptors (Lipinski definition) is 4. The zero-order valence-corrected chi connectivity index (χ0v) is 11.6. The van der Waals surface area contributed by atoms with Gasteiger partial charge in [-0.15, -0.1) is 11.3 Å². The fourth-order valence-electron chi connectivity index (χ4n) is 2.57. The molecule has 1 aromatic carbocycles. The Bertz CT molecular complexity index is 589. The van der Waals surface area contributed by atoms with Crippen LogP contribution < -0.4 is 10.2 Å². The van der Waals surface area contributed by atoms with Crippen molar-refractivity contribution in [1.29, 1.82) is 0 Å². The van der Waals surface area contributed by atoms with Crippen molar-refractivity contribution in [1.82, 2.24) is 10.3 Å². The second-order valence-corrected chi connectivity index (χ2v) is 6.39. The minimum Gasteiger partial charge on any atom is -0.317 e. The van der Waals surface area contributed by atoms with E-state index in [9.17, 15) is 0 Å². The largest absolute Gasteiger partial charge is 0.317 e. The van der Waals surface area contributed by atoms with Crippen LogP contribution in [0, 0.1) is 0 Å². The molecule has 1 fully saturated rings. The van der Waals surface area contributed by atoms with Gasteiger partial charge in [0.25, 0.3) is 0 Å². The summed E-state index contributed by atoms with van der Waals surface area (Å²) in [6.07, 6.45) is 5.83. The van der Waals surface area contributed by atoms with Crippen molar-refractivity contribution in [2.75, 3.05) is 11.4 Å². The number of nitrogens with one attached hydrogen (secondary N) is 1. The number of para-hydroxylation sites is 1. The molecule has 1 saturated carbocycles. The highest BCUT2D eigenvalue weighted by atomic mass is 32.1. The van der Waals surface area contributed by atoms with Crippen molar-refractivity contribution in [2.45, 2.75) is 31.8 Å². The van der Waals surface area contributed by atoms with Crippen LogP contribution in [0.5, 0.6) is 0 Å². The maximum absolute atomic E-state index is 4.60. The van der Waals surface area contributed by atoms with Crippen LogP contribution in [0.2, 0.25) is 0 Å². The molecule has 2 aliphatic rings. The van der Waals surface area contributed by atoms with Crippen molar-refractivity contribution < 1.29 is 0 Å². The van der Waals surface area contributed by atoms with Crippen molar-refractivity contribution in [3.63, 3.8) is 0 Å². The molecule has 1 aromatic heterocycles. The molecule has 0 atom stereocenters. The summed E-state index contributed by atoms with van der Waals surface area (Å²) in [5, 5.41) is 4.68. The topological polar surface area (TPSA) is 28.2 Å². The molecule has 1 aliphatic heterocycles. The number of benzene rings is 1. The molecule has 4 rings (SSSR count). The number of fused-ring (bicyclic) bond motifs is 1. The van der Waals surface area contributed by atoms with E-state index in [1.165, 1.54) is 29.0 Å². The third-order valence-corrected chi connectivity index (χ3v) is 4.82. The molecule has 0 spiro atoms. The first kappa shape index (κ1) is 11.4. The molecule has 3 nitrogen and oxygen atoms in total. The van der Waals surface area contributed by atoms with Crippen molar-refractivity contribution in [3.8, 4) is 0 Å². The molecular weight excluding hydrogens is 254 g/mol. The van der Waals surface area contributed by atoms with Gasteiger partial charge in [-0.3, -0.25) is 0 Å². The van der Waals surface area contributed by atoms with Gasteiger partial charge >= 0.3 is 0 Å². The van der Waals surface area contributed by atoms with Crippen molar-refractivity contribution in [3.05, 3.63) is 40.9 Å². The molecular formula is C15H17N3S. The Morgan fingerprint density at radius 2 is 2.21 bits per heavy atom. The summed E-state index contributed by atoms with van der Waals surface area (Å²) < 4.78 is 0. The molecule has 0 unspecified atom stereocenters. The van der Waals surface area contributed by atoms with E-state index < -0.39 is 0 Å². The van der Waals surface area contributed by atoms with Crippen LogP contribution >= 0.6 is 11.3 Å². The van der Waals surface area contributed by atoms with Gasteiger partial charge in [-0.2, -0.15) is 0 Å². The molecule has 98 valence electrons. The average molecular weight is 271 g/mol. The van der Waals surface area contributed by atoms with E-state index in [0.717, 1.165) is 30.7 Å². The first-order valence-corrected chi connectivity index (χ1v) is 7.75. The third-order valence-electron chi connectivity index (χ3n) is 3.80.